The summed E-state index contributed by atoms with van der Waals surface area (Å²) in [5, 5.41) is 9.95. The van der Waals surface area contributed by atoms with Gasteiger partial charge in [-0.1, -0.05) is 11.6 Å². The van der Waals surface area contributed by atoms with E-state index in [9.17, 15) is 9.59 Å². The minimum absolute atomic E-state index is 0.146. The quantitative estimate of drug-likeness (QED) is 0.381. The standard InChI is InChI=1S/C21H23BrClN5O2S/c1-11(20(29)26-10-14-6-13-9-24-3-2-17(13)28-14)27-21(30)18-5-12(8-25-18)4-15-7-16(22)19(23)31-15/h2-3,6-7,9,11-12,18,25,28H,4-5,8,10H2,1H3,(H,26,29)(H,27,30)/t11?,12-,18+/m0/s1. The third kappa shape index (κ3) is 5.46. The van der Waals surface area contributed by atoms with Gasteiger partial charge in [0.15, 0.2) is 0 Å². The molecule has 1 aliphatic heterocycles. The van der Waals surface area contributed by atoms with E-state index < -0.39 is 6.04 Å². The van der Waals surface area contributed by atoms with Crippen LogP contribution in [0.3, 0.4) is 0 Å². The van der Waals surface area contributed by atoms with Gasteiger partial charge in [-0.3, -0.25) is 14.6 Å². The molecule has 164 valence electrons. The molecule has 3 atom stereocenters. The Kier molecular flexibility index (Phi) is 6.95. The van der Waals surface area contributed by atoms with Crippen molar-refractivity contribution in [3.63, 3.8) is 0 Å². The molecule has 0 saturated carbocycles. The van der Waals surface area contributed by atoms with Gasteiger partial charge < -0.3 is 20.9 Å². The van der Waals surface area contributed by atoms with Crippen LogP contribution >= 0.6 is 38.9 Å². The van der Waals surface area contributed by atoms with E-state index in [-0.39, 0.29) is 17.9 Å². The largest absolute Gasteiger partial charge is 0.357 e. The maximum Gasteiger partial charge on any atom is 0.242 e. The molecule has 3 aromatic heterocycles. The minimum Gasteiger partial charge on any atom is -0.357 e. The molecule has 31 heavy (non-hydrogen) atoms. The molecule has 0 bridgehead atoms. The Morgan fingerprint density at radius 3 is 3.00 bits per heavy atom. The zero-order valence-electron chi connectivity index (χ0n) is 16.9. The van der Waals surface area contributed by atoms with E-state index in [1.807, 2.05) is 18.2 Å². The van der Waals surface area contributed by atoms with Gasteiger partial charge in [-0.05, 0) is 66.4 Å². The van der Waals surface area contributed by atoms with Crippen molar-refractivity contribution < 1.29 is 9.59 Å². The predicted octanol–water partition coefficient (Wildman–Crippen LogP) is 3.38. The van der Waals surface area contributed by atoms with Gasteiger partial charge in [-0.25, -0.2) is 0 Å². The summed E-state index contributed by atoms with van der Waals surface area (Å²) in [6.45, 7) is 2.82. The number of amides is 2. The predicted molar refractivity (Wildman–Crippen MR) is 126 cm³/mol. The molecule has 0 aromatic carbocycles. The lowest BCUT2D eigenvalue weighted by Gasteiger charge is -2.17. The molecule has 0 spiro atoms. The Balaban J connectivity index is 1.23. The van der Waals surface area contributed by atoms with Crippen molar-refractivity contribution in [2.24, 2.45) is 5.92 Å². The van der Waals surface area contributed by atoms with Crippen LogP contribution in [0.1, 0.15) is 23.9 Å². The van der Waals surface area contributed by atoms with Crippen molar-refractivity contribution in [3.05, 3.63) is 50.0 Å². The molecule has 2 amide bonds. The van der Waals surface area contributed by atoms with Crippen LogP contribution in [0.4, 0.5) is 0 Å². The smallest absolute Gasteiger partial charge is 0.242 e. The van der Waals surface area contributed by atoms with E-state index in [0.29, 0.717) is 12.5 Å². The number of carbonyl (C=O) groups is 2. The van der Waals surface area contributed by atoms with Crippen LogP contribution < -0.4 is 16.0 Å². The topological polar surface area (TPSA) is 98.9 Å². The number of aromatic amines is 1. The normalized spacial score (nSPS) is 19.5. The molecule has 0 aliphatic carbocycles. The number of nitrogens with zero attached hydrogens (tertiary/aromatic N) is 1. The maximum atomic E-state index is 12.6. The second kappa shape index (κ2) is 9.68. The number of aromatic nitrogens is 2. The molecule has 1 unspecified atom stereocenters. The summed E-state index contributed by atoms with van der Waals surface area (Å²) in [6, 6.07) is 4.97. The number of rotatable bonds is 7. The first-order valence-corrected chi connectivity index (χ1v) is 12.0. The lowest BCUT2D eigenvalue weighted by Crippen LogP contribution is -2.49. The second-order valence-electron chi connectivity index (χ2n) is 7.81. The fourth-order valence-electron chi connectivity index (χ4n) is 3.78. The summed E-state index contributed by atoms with van der Waals surface area (Å²) in [6.07, 6.45) is 5.10. The molecule has 10 heteroatoms. The van der Waals surface area contributed by atoms with Crippen molar-refractivity contribution in [1.29, 1.82) is 0 Å². The van der Waals surface area contributed by atoms with Gasteiger partial charge in [-0.15, -0.1) is 11.3 Å². The number of pyridine rings is 1. The van der Waals surface area contributed by atoms with Crippen molar-refractivity contribution in [3.8, 4) is 0 Å². The molecule has 4 N–H and O–H groups in total. The summed E-state index contributed by atoms with van der Waals surface area (Å²) in [7, 11) is 0. The molecular weight excluding hydrogens is 502 g/mol. The van der Waals surface area contributed by atoms with Crippen LogP contribution in [-0.2, 0) is 22.6 Å². The number of hydrogen-bond acceptors (Lipinski definition) is 5. The number of nitrogens with one attached hydrogen (secondary N) is 4. The van der Waals surface area contributed by atoms with Gasteiger partial charge in [0.2, 0.25) is 11.8 Å². The molecule has 4 rings (SSSR count). The van der Waals surface area contributed by atoms with Crippen LogP contribution in [-0.4, -0.2) is 40.4 Å². The molecule has 7 nitrogen and oxygen atoms in total. The van der Waals surface area contributed by atoms with E-state index in [1.165, 1.54) is 4.88 Å². The Morgan fingerprint density at radius 1 is 1.42 bits per heavy atom. The van der Waals surface area contributed by atoms with Crippen LogP contribution in [0.5, 0.6) is 0 Å². The first-order chi connectivity index (χ1) is 14.9. The van der Waals surface area contributed by atoms with E-state index in [0.717, 1.165) is 44.8 Å². The Hall–Kier alpha value is -1.94. The van der Waals surface area contributed by atoms with Crippen LogP contribution in [0.25, 0.3) is 10.9 Å². The molecule has 3 aromatic rings. The van der Waals surface area contributed by atoms with Gasteiger partial charge in [-0.2, -0.15) is 0 Å². The monoisotopic (exact) mass is 523 g/mol. The Morgan fingerprint density at radius 2 is 2.26 bits per heavy atom. The molecule has 1 saturated heterocycles. The Labute approximate surface area is 197 Å². The van der Waals surface area contributed by atoms with E-state index in [4.69, 9.17) is 11.6 Å². The zero-order chi connectivity index (χ0) is 22.0. The highest BCUT2D eigenvalue weighted by atomic mass is 79.9. The number of thiophene rings is 1. The second-order valence-corrected chi connectivity index (χ2v) is 10.4. The first kappa shape index (κ1) is 22.3. The summed E-state index contributed by atoms with van der Waals surface area (Å²) < 4.78 is 1.66. The third-order valence-electron chi connectivity index (χ3n) is 5.41. The zero-order valence-corrected chi connectivity index (χ0v) is 20.0. The highest BCUT2D eigenvalue weighted by Gasteiger charge is 2.31. The van der Waals surface area contributed by atoms with Crippen molar-refractivity contribution in [2.45, 2.75) is 38.4 Å². The van der Waals surface area contributed by atoms with E-state index in [1.54, 1.807) is 30.7 Å². The van der Waals surface area contributed by atoms with Gasteiger partial charge in [0, 0.05) is 38.3 Å². The molecule has 1 fully saturated rings. The van der Waals surface area contributed by atoms with Crippen molar-refractivity contribution >= 4 is 61.6 Å². The first-order valence-electron chi connectivity index (χ1n) is 10.1. The average molecular weight is 525 g/mol. The number of halogens is 2. The highest BCUT2D eigenvalue weighted by Crippen LogP contribution is 2.34. The summed E-state index contributed by atoms with van der Waals surface area (Å²) in [5.74, 6) is -0.0111. The summed E-state index contributed by atoms with van der Waals surface area (Å²) in [4.78, 5) is 33.6. The van der Waals surface area contributed by atoms with Gasteiger partial charge in [0.05, 0.1) is 12.6 Å². The van der Waals surface area contributed by atoms with E-state index >= 15 is 0 Å². The van der Waals surface area contributed by atoms with Gasteiger partial charge >= 0.3 is 0 Å². The Bertz CT molecular complexity index is 1050. The molecule has 1 aliphatic rings. The number of fused-ring (bicyclic) bond motifs is 1. The van der Waals surface area contributed by atoms with Crippen molar-refractivity contribution in [1.82, 2.24) is 25.9 Å². The molecule has 0 radical (unpaired) electrons. The molecule has 4 heterocycles. The minimum atomic E-state index is -0.619. The number of H-pyrrole nitrogens is 1. The van der Waals surface area contributed by atoms with E-state index in [2.05, 4.69) is 41.8 Å². The molecular formula is C21H23BrClN5O2S. The lowest BCUT2D eigenvalue weighted by atomic mass is 10.0. The van der Waals surface area contributed by atoms with Gasteiger partial charge in [0.25, 0.3) is 0 Å². The fourth-order valence-corrected chi connectivity index (χ4v) is 5.69. The lowest BCUT2D eigenvalue weighted by molar-refractivity contribution is -0.129. The average Bonchev–Trinajstić information content (AvgIpc) is 3.45. The van der Waals surface area contributed by atoms with Crippen LogP contribution in [0.2, 0.25) is 4.34 Å². The van der Waals surface area contributed by atoms with Crippen molar-refractivity contribution in [2.75, 3.05) is 6.54 Å². The summed E-state index contributed by atoms with van der Waals surface area (Å²) in [5.41, 5.74) is 1.86. The van der Waals surface area contributed by atoms with Crippen LogP contribution in [0.15, 0.2) is 35.1 Å². The number of hydrogen-bond donors (Lipinski definition) is 4. The van der Waals surface area contributed by atoms with Crippen LogP contribution in [0, 0.1) is 5.92 Å². The highest BCUT2D eigenvalue weighted by molar-refractivity contribution is 9.10. The van der Waals surface area contributed by atoms with Gasteiger partial charge in [0.1, 0.15) is 10.4 Å². The number of carbonyl (C=O) groups excluding carboxylic acids is 2. The SMILES string of the molecule is CC(NC(=O)[C@H]1C[C@H](Cc2cc(Br)c(Cl)s2)CN1)C(=O)NCc1cc2cnccc2[nH]1. The fraction of sp³-hybridized carbons (Fsp3) is 0.381. The third-order valence-corrected chi connectivity index (χ3v) is 7.90. The summed E-state index contributed by atoms with van der Waals surface area (Å²) >= 11 is 11.1. The maximum absolute atomic E-state index is 12.6.